The Balaban J connectivity index is 2.16. The van der Waals surface area contributed by atoms with Gasteiger partial charge in [-0.05, 0) is 17.8 Å². The van der Waals surface area contributed by atoms with E-state index in [1.165, 1.54) is 19.3 Å². The summed E-state index contributed by atoms with van der Waals surface area (Å²) in [7, 11) is 0. The Morgan fingerprint density at radius 3 is 2.67 bits per heavy atom. The second-order valence-electron chi connectivity index (χ2n) is 4.95. The molecule has 0 unspecified atom stereocenters. The average Bonchev–Trinajstić information content (AvgIpc) is 2.71. The number of rotatable bonds is 4. The number of halogens is 2. The van der Waals surface area contributed by atoms with Gasteiger partial charge in [-0.1, -0.05) is 46.8 Å². The van der Waals surface area contributed by atoms with Crippen LogP contribution in [-0.2, 0) is 6.54 Å². The highest BCUT2D eigenvalue weighted by Crippen LogP contribution is 2.39. The lowest BCUT2D eigenvalue weighted by Gasteiger charge is -2.34. The van der Waals surface area contributed by atoms with E-state index in [0.29, 0.717) is 6.54 Å². The molecular formula is C11H15BrClN3O2. The summed E-state index contributed by atoms with van der Waals surface area (Å²) in [4.78, 5) is 10.2. The number of hydrogen-bond donors (Lipinski definition) is 0. The van der Waals surface area contributed by atoms with Crippen molar-refractivity contribution in [3.8, 4) is 0 Å². The van der Waals surface area contributed by atoms with Crippen molar-refractivity contribution in [1.29, 1.82) is 0 Å². The minimum Gasteiger partial charge on any atom is -0.358 e. The second-order valence-corrected chi connectivity index (χ2v) is 5.92. The largest absolute Gasteiger partial charge is 0.408 e. The van der Waals surface area contributed by atoms with E-state index in [1.54, 1.807) is 10.9 Å². The molecule has 0 spiro atoms. The molecular weight excluding hydrogens is 321 g/mol. The molecule has 1 aromatic rings. The standard InChI is InChI=1S/C11H15BrClN3O2/c12-7-11(4-2-1-3-5-11)8-15-6-9(13)10(14-15)16(17)18/h6H,1-5,7-8H2. The zero-order chi connectivity index (χ0) is 13.2. The molecule has 7 heteroatoms. The van der Waals surface area contributed by atoms with Crippen LogP contribution in [0.2, 0.25) is 5.02 Å². The number of alkyl halides is 1. The van der Waals surface area contributed by atoms with Crippen molar-refractivity contribution in [2.75, 3.05) is 5.33 Å². The van der Waals surface area contributed by atoms with Crippen molar-refractivity contribution in [1.82, 2.24) is 9.78 Å². The van der Waals surface area contributed by atoms with Gasteiger partial charge in [0, 0.05) is 10.7 Å². The van der Waals surface area contributed by atoms with Crippen molar-refractivity contribution < 1.29 is 4.92 Å². The number of nitrogens with zero attached hydrogens (tertiary/aromatic N) is 3. The summed E-state index contributed by atoms with van der Waals surface area (Å²) in [5.74, 6) is -0.253. The van der Waals surface area contributed by atoms with E-state index in [0.717, 1.165) is 18.2 Å². The molecule has 1 heterocycles. The lowest BCUT2D eigenvalue weighted by molar-refractivity contribution is -0.389. The quantitative estimate of drug-likeness (QED) is 0.477. The zero-order valence-corrected chi connectivity index (χ0v) is 12.3. The summed E-state index contributed by atoms with van der Waals surface area (Å²) in [6, 6.07) is 0. The van der Waals surface area contributed by atoms with Crippen molar-refractivity contribution in [2.45, 2.75) is 38.6 Å². The normalized spacial score (nSPS) is 18.8. The number of aromatic nitrogens is 2. The Hall–Kier alpha value is -0.620. The lowest BCUT2D eigenvalue weighted by Crippen LogP contribution is -2.31. The second kappa shape index (κ2) is 5.57. The molecule has 0 radical (unpaired) electrons. The van der Waals surface area contributed by atoms with Crippen LogP contribution in [0.15, 0.2) is 6.20 Å². The zero-order valence-electron chi connectivity index (χ0n) is 9.94. The molecule has 1 aliphatic carbocycles. The van der Waals surface area contributed by atoms with Crippen LogP contribution in [0.5, 0.6) is 0 Å². The highest BCUT2D eigenvalue weighted by atomic mass is 79.9. The van der Waals surface area contributed by atoms with Gasteiger partial charge < -0.3 is 10.1 Å². The van der Waals surface area contributed by atoms with Crippen LogP contribution in [0.4, 0.5) is 5.82 Å². The van der Waals surface area contributed by atoms with Gasteiger partial charge in [-0.15, -0.1) is 0 Å². The predicted molar refractivity (Wildman–Crippen MR) is 73.2 cm³/mol. The molecule has 5 nitrogen and oxygen atoms in total. The lowest BCUT2D eigenvalue weighted by atomic mass is 9.76. The summed E-state index contributed by atoms with van der Waals surface area (Å²) < 4.78 is 1.62. The Morgan fingerprint density at radius 1 is 1.50 bits per heavy atom. The SMILES string of the molecule is O=[N+]([O-])c1nn(CC2(CBr)CCCCC2)cc1Cl. The molecule has 1 aliphatic rings. The Morgan fingerprint density at radius 2 is 2.17 bits per heavy atom. The third-order valence-electron chi connectivity index (χ3n) is 3.57. The Kier molecular flexibility index (Phi) is 4.27. The van der Waals surface area contributed by atoms with Crippen LogP contribution in [0.25, 0.3) is 0 Å². The van der Waals surface area contributed by atoms with Crippen LogP contribution >= 0.6 is 27.5 Å². The fraction of sp³-hybridized carbons (Fsp3) is 0.727. The summed E-state index contributed by atoms with van der Waals surface area (Å²) in [5, 5.41) is 15.7. The summed E-state index contributed by atoms with van der Waals surface area (Å²) in [5.41, 5.74) is 0.154. The maximum atomic E-state index is 10.7. The van der Waals surface area contributed by atoms with Gasteiger partial charge in [0.1, 0.15) is 0 Å². The van der Waals surface area contributed by atoms with Crippen molar-refractivity contribution >= 4 is 33.3 Å². The third-order valence-corrected chi connectivity index (χ3v) is 5.02. The van der Waals surface area contributed by atoms with E-state index in [9.17, 15) is 10.1 Å². The maximum Gasteiger partial charge on any atom is 0.408 e. The van der Waals surface area contributed by atoms with Gasteiger partial charge in [0.05, 0.1) is 17.8 Å². The van der Waals surface area contributed by atoms with E-state index in [1.807, 2.05) is 0 Å². The molecule has 0 aliphatic heterocycles. The van der Waals surface area contributed by atoms with Crippen molar-refractivity contribution in [3.05, 3.63) is 21.3 Å². The predicted octanol–water partition coefficient (Wildman–Crippen LogP) is 3.79. The first-order chi connectivity index (χ1) is 8.56. The first kappa shape index (κ1) is 13.8. The van der Waals surface area contributed by atoms with E-state index >= 15 is 0 Å². The molecule has 100 valence electrons. The maximum absolute atomic E-state index is 10.7. The minimum absolute atomic E-state index is 0.112. The number of nitro groups is 1. The van der Waals surface area contributed by atoms with Crippen LogP contribution in [0.1, 0.15) is 32.1 Å². The summed E-state index contributed by atoms with van der Waals surface area (Å²) in [6.45, 7) is 0.686. The van der Waals surface area contributed by atoms with Gasteiger partial charge >= 0.3 is 5.82 Å². The highest BCUT2D eigenvalue weighted by molar-refractivity contribution is 9.09. The van der Waals surface area contributed by atoms with Gasteiger partial charge in [-0.25, -0.2) is 0 Å². The van der Waals surface area contributed by atoms with Gasteiger partial charge in [0.25, 0.3) is 0 Å². The minimum atomic E-state index is -0.541. The van der Waals surface area contributed by atoms with Gasteiger partial charge in [-0.2, -0.15) is 4.68 Å². The van der Waals surface area contributed by atoms with Crippen LogP contribution < -0.4 is 0 Å². The van der Waals surface area contributed by atoms with E-state index in [2.05, 4.69) is 21.0 Å². The van der Waals surface area contributed by atoms with E-state index in [-0.39, 0.29) is 16.3 Å². The van der Waals surface area contributed by atoms with Gasteiger partial charge in [0.15, 0.2) is 5.02 Å². The molecule has 1 aromatic heterocycles. The van der Waals surface area contributed by atoms with Crippen LogP contribution in [-0.4, -0.2) is 20.0 Å². The molecule has 2 rings (SSSR count). The van der Waals surface area contributed by atoms with E-state index < -0.39 is 4.92 Å². The monoisotopic (exact) mass is 335 g/mol. The first-order valence-corrected chi connectivity index (χ1v) is 7.50. The highest BCUT2D eigenvalue weighted by Gasteiger charge is 2.33. The van der Waals surface area contributed by atoms with Gasteiger partial charge in [-0.3, -0.25) is 0 Å². The fourth-order valence-corrected chi connectivity index (χ4v) is 3.53. The molecule has 18 heavy (non-hydrogen) atoms. The molecule has 1 saturated carbocycles. The van der Waals surface area contributed by atoms with Crippen LogP contribution in [0.3, 0.4) is 0 Å². The topological polar surface area (TPSA) is 61.0 Å². The Bertz CT molecular complexity index is 443. The number of hydrogen-bond acceptors (Lipinski definition) is 3. The summed E-state index contributed by atoms with van der Waals surface area (Å²) >= 11 is 9.38. The smallest absolute Gasteiger partial charge is 0.358 e. The molecule has 1 fully saturated rings. The molecule has 0 N–H and O–H groups in total. The van der Waals surface area contributed by atoms with Crippen LogP contribution in [0, 0.1) is 15.5 Å². The average molecular weight is 337 g/mol. The Labute approximate surface area is 119 Å². The summed E-state index contributed by atoms with van der Waals surface area (Å²) in [6.07, 6.45) is 7.51. The molecule has 0 aromatic carbocycles. The third kappa shape index (κ3) is 2.85. The van der Waals surface area contributed by atoms with E-state index in [4.69, 9.17) is 11.6 Å². The first-order valence-electron chi connectivity index (χ1n) is 6.00. The van der Waals surface area contributed by atoms with Gasteiger partial charge in [0.2, 0.25) is 0 Å². The molecule has 0 saturated heterocycles. The molecule has 0 bridgehead atoms. The van der Waals surface area contributed by atoms with Crippen molar-refractivity contribution in [2.24, 2.45) is 5.41 Å². The van der Waals surface area contributed by atoms with Crippen molar-refractivity contribution in [3.63, 3.8) is 0 Å². The molecule has 0 atom stereocenters. The molecule has 0 amide bonds. The fourth-order valence-electron chi connectivity index (χ4n) is 2.57.